The fourth-order valence-electron chi connectivity index (χ4n) is 13.4. The van der Waals surface area contributed by atoms with Crippen molar-refractivity contribution >= 4 is 90.5 Å². The van der Waals surface area contributed by atoms with Gasteiger partial charge in [0.1, 0.15) is 17.5 Å². The van der Waals surface area contributed by atoms with Crippen molar-refractivity contribution in [3.63, 3.8) is 0 Å². The van der Waals surface area contributed by atoms with Crippen molar-refractivity contribution < 1.29 is 13.2 Å². The maximum absolute atomic E-state index is 13.8. The first-order valence-electron chi connectivity index (χ1n) is 37.5. The highest BCUT2D eigenvalue weighted by Gasteiger charge is 2.25. The lowest BCUT2D eigenvalue weighted by molar-refractivity contribution is 0.555. The molecule has 8 aromatic carbocycles. The Balaban J connectivity index is 0.000000137. The molecule has 8 aliphatic heterocycles. The number of aromatic amines is 4. The van der Waals surface area contributed by atoms with Crippen LogP contribution in [-0.2, 0) is 52.4 Å². The lowest BCUT2D eigenvalue weighted by Crippen LogP contribution is -2.30. The maximum Gasteiger partial charge on any atom is 0.349 e. The molecular formula is C84H77Cl4F3N20O8. The predicted octanol–water partition coefficient (Wildman–Crippen LogP) is 11.0. The van der Waals surface area contributed by atoms with Crippen molar-refractivity contribution in [1.29, 1.82) is 0 Å². The van der Waals surface area contributed by atoms with Crippen molar-refractivity contribution in [2.75, 3.05) is 26.2 Å². The zero-order chi connectivity index (χ0) is 84.8. The van der Waals surface area contributed by atoms with Crippen LogP contribution in [0.1, 0.15) is 66.8 Å². The van der Waals surface area contributed by atoms with Crippen molar-refractivity contribution in [2.45, 2.75) is 108 Å². The Labute approximate surface area is 694 Å². The number of aryl methyl sites for hydroxylation is 8. The van der Waals surface area contributed by atoms with E-state index in [2.05, 4.69) is 81.1 Å². The molecule has 0 saturated heterocycles. The zero-order valence-corrected chi connectivity index (χ0v) is 68.4. The van der Waals surface area contributed by atoms with Gasteiger partial charge in [-0.3, -0.25) is 39.1 Å². The predicted molar refractivity (Wildman–Crippen MR) is 455 cm³/mol. The van der Waals surface area contributed by atoms with E-state index in [1.165, 1.54) is 12.1 Å². The van der Waals surface area contributed by atoms with Crippen LogP contribution in [0.25, 0.3) is 90.2 Å². The van der Waals surface area contributed by atoms with Gasteiger partial charge in [0, 0.05) is 104 Å². The molecule has 119 heavy (non-hydrogen) atoms. The normalized spacial score (nSPS) is 11.5. The quantitative estimate of drug-likeness (QED) is 0.0259. The first kappa shape index (κ1) is 84.6. The molecule has 0 aromatic heterocycles. The van der Waals surface area contributed by atoms with Crippen molar-refractivity contribution in [2.24, 2.45) is 0 Å². The van der Waals surface area contributed by atoms with Gasteiger partial charge in [-0.15, -0.1) is 0 Å². The summed E-state index contributed by atoms with van der Waals surface area (Å²) in [6.45, 7) is 21.5. The molecule has 8 aliphatic rings. The van der Waals surface area contributed by atoms with Crippen LogP contribution < -0.4 is 66.3 Å². The van der Waals surface area contributed by atoms with Crippen LogP contribution in [0.5, 0.6) is 0 Å². The summed E-state index contributed by atoms with van der Waals surface area (Å²) < 4.78 is 47.5. The molecule has 8 aromatic rings. The third-order valence-electron chi connectivity index (χ3n) is 20.2. The summed E-state index contributed by atoms with van der Waals surface area (Å²) in [5.41, 5.74) is 12.7. The van der Waals surface area contributed by atoms with Gasteiger partial charge in [-0.25, -0.2) is 52.3 Å². The summed E-state index contributed by atoms with van der Waals surface area (Å²) in [5.74, 6) is -0.295. The minimum Gasteiger partial charge on any atom is -0.321 e. The summed E-state index contributed by atoms with van der Waals surface area (Å²) in [6, 6.07) is 35.9. The highest BCUT2D eigenvalue weighted by Crippen LogP contribution is 2.30. The Morgan fingerprint density at radius 1 is 0.311 bits per heavy atom. The van der Waals surface area contributed by atoms with Crippen LogP contribution in [0.2, 0.25) is 20.1 Å². The SMILES string of the molecule is Cc1cc2nc3c(=O)[nH]c(=O)nc-3n(CCNCc3cc(Cl)ccc3Cl)c2cc1C.Cc1cc2nc3c(=O)[nH]c(=O)nc-3n(CCNCc3cc(F)ccc3F)c2cc1C.Cc1cc2nc3c(=O)[nH]c(=O)nc-3n(CCNCc3ccc(Cl)cc3Cl)c2cc1C.Cc1cc2nc3c(=O)[nH]c(=O)nc-3n(CCNCc3ccc(F)cc3)c2cc1C. The molecule has 0 bridgehead atoms. The smallest absolute Gasteiger partial charge is 0.321 e. The second kappa shape index (κ2) is 36.7. The molecule has 0 fully saturated rings. The molecule has 16 rings (SSSR count). The largest absolute Gasteiger partial charge is 0.349 e. The van der Waals surface area contributed by atoms with Gasteiger partial charge in [0.05, 0.1) is 44.1 Å². The number of H-pyrrole nitrogens is 4. The molecule has 0 amide bonds. The summed E-state index contributed by atoms with van der Waals surface area (Å²) in [6.07, 6.45) is 0. The molecule has 610 valence electrons. The van der Waals surface area contributed by atoms with Gasteiger partial charge in [0.15, 0.2) is 46.1 Å². The number of hydrogen-bond donors (Lipinski definition) is 8. The van der Waals surface area contributed by atoms with E-state index in [0.29, 0.717) is 114 Å². The van der Waals surface area contributed by atoms with Crippen molar-refractivity contribution in [1.82, 2.24) is 99.3 Å². The van der Waals surface area contributed by atoms with Gasteiger partial charge in [0.2, 0.25) is 0 Å². The van der Waals surface area contributed by atoms with Crippen LogP contribution in [0.15, 0.2) is 166 Å². The van der Waals surface area contributed by atoms with Crippen LogP contribution in [-0.4, -0.2) is 104 Å². The third-order valence-corrected chi connectivity index (χ3v) is 21.4. The zero-order valence-electron chi connectivity index (χ0n) is 65.4. The summed E-state index contributed by atoms with van der Waals surface area (Å²) in [7, 11) is 0. The molecule has 0 spiro atoms. The number of fused-ring (bicyclic) bond motifs is 8. The van der Waals surface area contributed by atoms with Gasteiger partial charge >= 0.3 is 22.8 Å². The van der Waals surface area contributed by atoms with Gasteiger partial charge < -0.3 is 39.5 Å². The number of hydrogen-bond acceptors (Lipinski definition) is 20. The molecule has 35 heteroatoms. The van der Waals surface area contributed by atoms with E-state index in [4.69, 9.17) is 46.4 Å². The summed E-state index contributed by atoms with van der Waals surface area (Å²) in [4.78, 5) is 139. The second-order valence-electron chi connectivity index (χ2n) is 28.5. The van der Waals surface area contributed by atoms with E-state index in [1.807, 2.05) is 130 Å². The van der Waals surface area contributed by atoms with Crippen molar-refractivity contribution in [3.8, 4) is 46.1 Å². The van der Waals surface area contributed by atoms with E-state index in [9.17, 15) is 51.5 Å². The first-order valence-corrected chi connectivity index (χ1v) is 39.0. The Hall–Kier alpha value is -12.3. The number of aromatic nitrogens is 16. The van der Waals surface area contributed by atoms with Gasteiger partial charge in [0.25, 0.3) is 22.2 Å². The van der Waals surface area contributed by atoms with Gasteiger partial charge in [-0.05, 0) is 226 Å². The number of halogens is 7. The Kier molecular flexibility index (Phi) is 26.1. The van der Waals surface area contributed by atoms with E-state index < -0.39 is 56.6 Å². The summed E-state index contributed by atoms with van der Waals surface area (Å²) >= 11 is 24.4. The topological polar surface area (TPSA) is 371 Å². The average molecular weight is 1690 g/mol. The Morgan fingerprint density at radius 2 is 0.622 bits per heavy atom. The third kappa shape index (κ3) is 19.6. The van der Waals surface area contributed by atoms with E-state index in [1.54, 1.807) is 41.0 Å². The number of nitrogens with one attached hydrogen (secondary N) is 8. The first-order chi connectivity index (χ1) is 56.9. The highest BCUT2D eigenvalue weighted by atomic mass is 35.5. The molecule has 0 unspecified atom stereocenters. The van der Waals surface area contributed by atoms with Crippen LogP contribution in [0.4, 0.5) is 13.2 Å². The van der Waals surface area contributed by atoms with Crippen LogP contribution >= 0.6 is 46.4 Å². The van der Waals surface area contributed by atoms with Crippen LogP contribution in [0, 0.1) is 72.8 Å². The van der Waals surface area contributed by atoms with Crippen molar-refractivity contribution in [3.05, 3.63) is 315 Å². The maximum atomic E-state index is 13.8. The second-order valence-corrected chi connectivity index (χ2v) is 30.2. The number of nitrogens with zero attached hydrogens (tertiary/aromatic N) is 12. The molecule has 28 nitrogen and oxygen atoms in total. The molecule has 0 atom stereocenters. The summed E-state index contributed by atoms with van der Waals surface area (Å²) in [5, 5.41) is 15.5. The van der Waals surface area contributed by atoms with Gasteiger partial charge in [-0.1, -0.05) is 64.6 Å². The molecule has 0 saturated carbocycles. The number of rotatable bonds is 20. The lowest BCUT2D eigenvalue weighted by Gasteiger charge is -2.18. The Bertz CT molecular complexity index is 6760. The van der Waals surface area contributed by atoms with Gasteiger partial charge in [-0.2, -0.15) is 19.9 Å². The minimum atomic E-state index is -0.749. The van der Waals surface area contributed by atoms with Crippen LogP contribution in [0.3, 0.4) is 0 Å². The number of benzene rings is 8. The average Bonchev–Trinajstić information content (AvgIpc) is 0.771. The molecule has 8 heterocycles. The standard InChI is InChI=1S/2C21H19Cl2N5O2.C21H19F2N5O2.C21H20FN5O2/c1-11-7-16-17(8-12(11)2)28(19-18(25-16)20(29)27-21(30)26-19)6-5-24-10-13-9-14(22)3-4-15(13)23;1-11-7-16-17(8-12(11)2)28(19-18(25-16)20(29)27-21(30)26-19)6-5-24-10-13-3-4-14(22)9-15(13)23;1-11-7-16-17(8-12(11)2)28(19-18(25-16)20(29)27-21(30)26-19)6-5-24-10-13-9-14(22)3-4-15(13)23;1-12-9-16-17(10-13(12)2)27(19-18(24-16)20(28)26-21(29)25-19)8-7-23-11-14-3-5-15(22)6-4-14/h3*3-4,7-9,24H,5-6,10H2,1-2H3,(H,27,29,30);3-6,9-10,23H,7-8,11H2,1-2H3,(H,26,28,29). The van der Waals surface area contributed by atoms with E-state index in [0.717, 1.165) is 101 Å². The lowest BCUT2D eigenvalue weighted by atomic mass is 10.1. The molecular weight excluding hydrogens is 1620 g/mol. The minimum absolute atomic E-state index is 0.0709. The fraction of sp³-hybridized carbons (Fsp3) is 0.238. The monoisotopic (exact) mass is 1690 g/mol. The molecule has 0 radical (unpaired) electrons. The highest BCUT2D eigenvalue weighted by molar-refractivity contribution is 6.35. The van der Waals surface area contributed by atoms with E-state index in [-0.39, 0.29) is 64.0 Å². The van der Waals surface area contributed by atoms with E-state index >= 15 is 0 Å². The Morgan fingerprint density at radius 3 is 0.983 bits per heavy atom. The fourth-order valence-corrected chi connectivity index (χ4v) is 14.2. The molecule has 8 N–H and O–H groups in total. The molecule has 0 aliphatic carbocycles.